The summed E-state index contributed by atoms with van der Waals surface area (Å²) in [6.45, 7) is 4.29. The van der Waals surface area contributed by atoms with Gasteiger partial charge < -0.3 is 10.8 Å². The highest BCUT2D eigenvalue weighted by Gasteiger charge is 2.15. The van der Waals surface area contributed by atoms with Crippen LogP contribution in [0.4, 0.5) is 0 Å². The van der Waals surface area contributed by atoms with Gasteiger partial charge in [-0.3, -0.25) is 0 Å². The molecule has 1 unspecified atom stereocenters. The van der Waals surface area contributed by atoms with E-state index in [1.165, 1.54) is 0 Å². The molecule has 0 fully saturated rings. The lowest BCUT2D eigenvalue weighted by Crippen LogP contribution is -2.18. The fraction of sp³-hybridized carbons (Fsp3) is 0.455. The van der Waals surface area contributed by atoms with Crippen molar-refractivity contribution < 1.29 is 5.11 Å². The van der Waals surface area contributed by atoms with E-state index in [9.17, 15) is 5.11 Å². The van der Waals surface area contributed by atoms with Crippen LogP contribution in [0.5, 0.6) is 5.75 Å². The smallest absolute Gasteiger partial charge is 0.142 e. The summed E-state index contributed by atoms with van der Waals surface area (Å²) in [6.07, 6.45) is 1.06. The van der Waals surface area contributed by atoms with Crippen LogP contribution in [-0.4, -0.2) is 5.11 Å². The van der Waals surface area contributed by atoms with Crippen LogP contribution in [0.15, 0.2) is 12.1 Å². The number of rotatable bonds is 3. The number of aromatic hydroxyl groups is 1. The van der Waals surface area contributed by atoms with Crippen LogP contribution >= 0.6 is 57.6 Å². The highest BCUT2D eigenvalue weighted by molar-refractivity contribution is 14.1. The standard InChI is InChI=1S/C11H15I2NO.ClH/c1-3-6(2)10(14)7-4-8(12)11(15)9(13)5-7;/h4-6,10,15H,3,14H2,1-2H3;1H/t6?,10-;/m1./s1. The summed E-state index contributed by atoms with van der Waals surface area (Å²) in [5.74, 6) is 0.817. The maximum Gasteiger partial charge on any atom is 0.142 e. The van der Waals surface area contributed by atoms with Gasteiger partial charge in [0.2, 0.25) is 0 Å². The fourth-order valence-electron chi connectivity index (χ4n) is 1.36. The van der Waals surface area contributed by atoms with Crippen molar-refractivity contribution in [2.75, 3.05) is 0 Å². The molecule has 5 heteroatoms. The Labute approximate surface area is 130 Å². The van der Waals surface area contributed by atoms with Crippen molar-refractivity contribution in [2.45, 2.75) is 26.3 Å². The van der Waals surface area contributed by atoms with Gasteiger partial charge in [0.05, 0.1) is 7.14 Å². The Hall–Kier alpha value is 0.730. The van der Waals surface area contributed by atoms with Crippen molar-refractivity contribution in [3.63, 3.8) is 0 Å². The number of hydrogen-bond donors (Lipinski definition) is 2. The molecule has 2 atom stereocenters. The number of halogens is 3. The Balaban J connectivity index is 0.00000225. The summed E-state index contributed by atoms with van der Waals surface area (Å²) in [5.41, 5.74) is 7.26. The van der Waals surface area contributed by atoms with Gasteiger partial charge in [-0.15, -0.1) is 12.4 Å². The third kappa shape index (κ3) is 3.89. The van der Waals surface area contributed by atoms with Crippen molar-refractivity contribution in [1.82, 2.24) is 0 Å². The largest absolute Gasteiger partial charge is 0.506 e. The molecule has 0 bridgehead atoms. The normalized spacial score (nSPS) is 14.1. The second kappa shape index (κ2) is 7.23. The van der Waals surface area contributed by atoms with Gasteiger partial charge >= 0.3 is 0 Å². The molecule has 0 saturated carbocycles. The molecule has 2 nitrogen and oxygen atoms in total. The topological polar surface area (TPSA) is 46.2 Å². The van der Waals surface area contributed by atoms with Crippen molar-refractivity contribution in [3.05, 3.63) is 24.8 Å². The van der Waals surface area contributed by atoms with E-state index in [-0.39, 0.29) is 18.4 Å². The van der Waals surface area contributed by atoms with Gasteiger partial charge in [-0.2, -0.15) is 0 Å². The second-order valence-corrected chi connectivity index (χ2v) is 6.07. The molecule has 0 aliphatic carbocycles. The molecule has 0 aliphatic heterocycles. The fourth-order valence-corrected chi connectivity index (χ4v) is 3.18. The van der Waals surface area contributed by atoms with Gasteiger partial charge in [-0.1, -0.05) is 20.3 Å². The third-order valence-corrected chi connectivity index (χ3v) is 4.33. The van der Waals surface area contributed by atoms with Crippen molar-refractivity contribution >= 4 is 57.6 Å². The van der Waals surface area contributed by atoms with Crippen LogP contribution in [0.3, 0.4) is 0 Å². The van der Waals surface area contributed by atoms with Gasteiger partial charge in [0, 0.05) is 6.04 Å². The molecule has 0 aliphatic rings. The molecule has 0 saturated heterocycles. The quantitative estimate of drug-likeness (QED) is 0.659. The van der Waals surface area contributed by atoms with E-state index in [0.29, 0.717) is 11.7 Å². The van der Waals surface area contributed by atoms with E-state index in [4.69, 9.17) is 5.73 Å². The number of benzene rings is 1. The Kier molecular flexibility index (Phi) is 7.56. The molecule has 0 aromatic heterocycles. The summed E-state index contributed by atoms with van der Waals surface area (Å²) >= 11 is 4.27. The second-order valence-electron chi connectivity index (χ2n) is 3.74. The molecule has 92 valence electrons. The minimum absolute atomic E-state index is 0. The van der Waals surface area contributed by atoms with Crippen LogP contribution in [0.1, 0.15) is 31.9 Å². The van der Waals surface area contributed by atoms with Gasteiger partial charge in [0.25, 0.3) is 0 Å². The average molecular weight is 468 g/mol. The van der Waals surface area contributed by atoms with Crippen LogP contribution in [0.25, 0.3) is 0 Å². The summed E-state index contributed by atoms with van der Waals surface area (Å²) in [7, 11) is 0. The Morgan fingerprint density at radius 1 is 1.31 bits per heavy atom. The van der Waals surface area contributed by atoms with E-state index < -0.39 is 0 Å². The first kappa shape index (κ1) is 16.7. The Bertz CT molecular complexity index is 337. The molecule has 0 amide bonds. The van der Waals surface area contributed by atoms with Crippen molar-refractivity contribution in [2.24, 2.45) is 11.7 Å². The van der Waals surface area contributed by atoms with Crippen LogP contribution in [0, 0.1) is 13.1 Å². The van der Waals surface area contributed by atoms with Crippen molar-refractivity contribution in [3.8, 4) is 5.75 Å². The third-order valence-electron chi connectivity index (χ3n) is 2.68. The Morgan fingerprint density at radius 3 is 2.12 bits per heavy atom. The maximum atomic E-state index is 9.65. The predicted octanol–water partition coefficient (Wildman–Crippen LogP) is 4.07. The van der Waals surface area contributed by atoms with E-state index in [1.54, 1.807) is 0 Å². The SMILES string of the molecule is CCC(C)[C@@H](N)c1cc(I)c(O)c(I)c1.Cl. The van der Waals surface area contributed by atoms with Crippen LogP contribution in [-0.2, 0) is 0 Å². The first-order chi connectivity index (χ1) is 6.97. The van der Waals surface area contributed by atoms with E-state index in [1.807, 2.05) is 12.1 Å². The monoisotopic (exact) mass is 467 g/mol. The molecule has 1 aromatic carbocycles. The number of hydrogen-bond acceptors (Lipinski definition) is 2. The van der Waals surface area contributed by atoms with E-state index in [0.717, 1.165) is 19.1 Å². The molecule has 1 aromatic rings. The van der Waals surface area contributed by atoms with E-state index >= 15 is 0 Å². The van der Waals surface area contributed by atoms with Gasteiger partial charge in [-0.25, -0.2) is 0 Å². The molecule has 0 heterocycles. The highest BCUT2D eigenvalue weighted by atomic mass is 127. The first-order valence-corrected chi connectivity index (χ1v) is 7.06. The molecule has 16 heavy (non-hydrogen) atoms. The van der Waals surface area contributed by atoms with Gasteiger partial charge in [0.15, 0.2) is 0 Å². The molecule has 0 spiro atoms. The summed E-state index contributed by atoms with van der Waals surface area (Å²) in [4.78, 5) is 0. The number of phenolic OH excluding ortho intramolecular Hbond substituents is 1. The average Bonchev–Trinajstić information content (AvgIpc) is 2.23. The van der Waals surface area contributed by atoms with E-state index in [2.05, 4.69) is 59.0 Å². The molecule has 1 rings (SSSR count). The molecule has 0 radical (unpaired) electrons. The Morgan fingerprint density at radius 2 is 1.75 bits per heavy atom. The number of nitrogens with two attached hydrogens (primary N) is 1. The zero-order valence-corrected chi connectivity index (χ0v) is 14.3. The highest BCUT2D eigenvalue weighted by Crippen LogP contribution is 2.31. The predicted molar refractivity (Wildman–Crippen MR) is 87.2 cm³/mol. The van der Waals surface area contributed by atoms with Crippen molar-refractivity contribution in [1.29, 1.82) is 0 Å². The minimum Gasteiger partial charge on any atom is -0.506 e. The van der Waals surface area contributed by atoms with Gasteiger partial charge in [-0.05, 0) is 68.8 Å². The summed E-state index contributed by atoms with van der Waals surface area (Å²) in [5, 5.41) is 9.65. The zero-order chi connectivity index (χ0) is 11.6. The first-order valence-electron chi connectivity index (χ1n) is 4.90. The lowest BCUT2D eigenvalue weighted by Gasteiger charge is -2.19. The number of phenols is 1. The molecular formula is C11H16ClI2NO. The minimum atomic E-state index is 0. The van der Waals surface area contributed by atoms with Gasteiger partial charge in [0.1, 0.15) is 5.75 Å². The summed E-state index contributed by atoms with van der Waals surface area (Å²) in [6, 6.07) is 3.99. The lowest BCUT2D eigenvalue weighted by atomic mass is 9.93. The zero-order valence-electron chi connectivity index (χ0n) is 9.21. The molecule has 3 N–H and O–H groups in total. The molecular weight excluding hydrogens is 451 g/mol. The maximum absolute atomic E-state index is 9.65. The lowest BCUT2D eigenvalue weighted by molar-refractivity contribution is 0.450. The summed E-state index contributed by atoms with van der Waals surface area (Å²) < 4.78 is 1.74. The van der Waals surface area contributed by atoms with Crippen LogP contribution in [0.2, 0.25) is 0 Å². The van der Waals surface area contributed by atoms with Crippen LogP contribution < -0.4 is 5.73 Å².